The zero-order chi connectivity index (χ0) is 38.3. The molecule has 14 heteroatoms. The molecule has 2 aromatic rings. The fraction of sp³-hybridized carbons (Fsp3) is 0.725. The van der Waals surface area contributed by atoms with Gasteiger partial charge in [0.2, 0.25) is 5.95 Å². The molecule has 2 spiro atoms. The van der Waals surface area contributed by atoms with E-state index in [9.17, 15) is 9.59 Å². The molecule has 54 heavy (non-hydrogen) atoms. The highest BCUT2D eigenvalue weighted by molar-refractivity contribution is 5.72. The summed E-state index contributed by atoms with van der Waals surface area (Å²) in [5.74, 6) is 1.38. The first kappa shape index (κ1) is 38.4. The first-order valence-electron chi connectivity index (χ1n) is 19.9. The predicted octanol–water partition coefficient (Wildman–Crippen LogP) is 6.69. The summed E-state index contributed by atoms with van der Waals surface area (Å²) in [6, 6.07) is 2.02. The Bertz CT molecular complexity index is 1690. The minimum atomic E-state index is -0.696. The average Bonchev–Trinajstić information content (AvgIpc) is 3.61. The van der Waals surface area contributed by atoms with Crippen LogP contribution in [0.1, 0.15) is 110 Å². The van der Waals surface area contributed by atoms with Crippen molar-refractivity contribution in [2.24, 2.45) is 0 Å². The fourth-order valence-corrected chi connectivity index (χ4v) is 8.37. The molecule has 0 bridgehead atoms. The van der Waals surface area contributed by atoms with Crippen LogP contribution in [0.2, 0.25) is 0 Å². The van der Waals surface area contributed by atoms with Gasteiger partial charge in [-0.25, -0.2) is 14.6 Å². The summed E-state index contributed by atoms with van der Waals surface area (Å²) < 4.78 is 30.5. The van der Waals surface area contributed by atoms with Crippen molar-refractivity contribution < 1.29 is 33.1 Å². The van der Waals surface area contributed by atoms with E-state index in [2.05, 4.69) is 16.4 Å². The van der Waals surface area contributed by atoms with E-state index in [1.807, 2.05) is 58.6 Å². The van der Waals surface area contributed by atoms with Gasteiger partial charge in [-0.05, 0) is 86.5 Å². The summed E-state index contributed by atoms with van der Waals surface area (Å²) in [5, 5.41) is 4.75. The second kappa shape index (κ2) is 15.0. The molecule has 3 aliphatic heterocycles. The van der Waals surface area contributed by atoms with Gasteiger partial charge in [0, 0.05) is 63.9 Å². The molecule has 0 N–H and O–H groups in total. The molecule has 7 rings (SSSR count). The molecule has 14 nitrogen and oxygen atoms in total. The van der Waals surface area contributed by atoms with E-state index in [-0.39, 0.29) is 23.6 Å². The summed E-state index contributed by atoms with van der Waals surface area (Å²) in [5.41, 5.74) is 0.921. The molecule has 5 heterocycles. The fourth-order valence-electron chi connectivity index (χ4n) is 8.37. The van der Waals surface area contributed by atoms with Gasteiger partial charge in [0.1, 0.15) is 34.2 Å². The van der Waals surface area contributed by atoms with E-state index in [1.54, 1.807) is 4.90 Å². The van der Waals surface area contributed by atoms with Crippen molar-refractivity contribution in [1.82, 2.24) is 24.9 Å². The molecule has 2 aliphatic carbocycles. The number of ether oxygens (including phenoxy) is 4. The maximum atomic E-state index is 13.3. The Hall–Kier alpha value is -3.91. The van der Waals surface area contributed by atoms with Crippen LogP contribution in [0.15, 0.2) is 23.2 Å². The zero-order valence-electron chi connectivity index (χ0n) is 33.2. The zero-order valence-corrected chi connectivity index (χ0v) is 33.2. The van der Waals surface area contributed by atoms with Crippen LogP contribution in [0.25, 0.3) is 11.4 Å². The first-order chi connectivity index (χ1) is 25.7. The quantitative estimate of drug-likeness (QED) is 0.279. The number of hydrogen-bond donors (Lipinski definition) is 0. The van der Waals surface area contributed by atoms with Crippen LogP contribution in [0.4, 0.5) is 21.4 Å². The predicted molar refractivity (Wildman–Crippen MR) is 204 cm³/mol. The summed E-state index contributed by atoms with van der Waals surface area (Å²) in [6.07, 6.45) is 9.15. The minimum absolute atomic E-state index is 0.0734. The Morgan fingerprint density at radius 1 is 0.889 bits per heavy atom. The van der Waals surface area contributed by atoms with Gasteiger partial charge in [0.25, 0.3) is 0 Å². The number of allylic oxidation sites excluding steroid dienone is 1. The van der Waals surface area contributed by atoms with Crippen LogP contribution in [0, 0.1) is 0 Å². The maximum Gasteiger partial charge on any atom is 0.410 e. The topological polar surface area (TPSA) is 136 Å². The number of carbonyl (C=O) groups excluding carboxylic acids is 2. The third-order valence-corrected chi connectivity index (χ3v) is 11.1. The number of amides is 2. The molecule has 1 atom stereocenters. The van der Waals surface area contributed by atoms with Gasteiger partial charge in [-0.2, -0.15) is 4.98 Å². The Labute approximate surface area is 319 Å². The van der Waals surface area contributed by atoms with Crippen molar-refractivity contribution in [3.05, 3.63) is 30.0 Å². The van der Waals surface area contributed by atoms with Crippen LogP contribution in [0.3, 0.4) is 0 Å². The van der Waals surface area contributed by atoms with Gasteiger partial charge in [-0.1, -0.05) is 17.7 Å². The highest BCUT2D eigenvalue weighted by atomic mass is 16.7. The molecule has 296 valence electrons. The van der Waals surface area contributed by atoms with Crippen LogP contribution in [0.5, 0.6) is 0 Å². The van der Waals surface area contributed by atoms with Crippen molar-refractivity contribution >= 4 is 24.0 Å². The largest absolute Gasteiger partial charge is 0.444 e. The molecule has 5 fully saturated rings. The minimum Gasteiger partial charge on any atom is -0.444 e. The Morgan fingerprint density at radius 3 is 2.31 bits per heavy atom. The summed E-state index contributed by atoms with van der Waals surface area (Å²) in [7, 11) is 0. The normalized spacial score (nSPS) is 22.7. The van der Waals surface area contributed by atoms with Gasteiger partial charge >= 0.3 is 12.2 Å². The molecule has 2 aromatic heterocycles. The van der Waals surface area contributed by atoms with Crippen molar-refractivity contribution in [1.29, 1.82) is 0 Å². The SMILES string of the molecule is C=CCCc1c(-c2cc(N3CCN(C(=O)OC(C)(C)C)C4(CC4)C3)nc(N3CCCN(C(=O)OC(C)(C)C)CC3)n2)noc1[C@H]1CCCCC12OCCO2. The Balaban J connectivity index is 1.24. The lowest BCUT2D eigenvalue weighted by Crippen LogP contribution is -2.58. The lowest BCUT2D eigenvalue weighted by atomic mass is 9.79. The van der Waals surface area contributed by atoms with Crippen molar-refractivity contribution in [3.8, 4) is 11.4 Å². The molecule has 0 unspecified atom stereocenters. The lowest BCUT2D eigenvalue weighted by molar-refractivity contribution is -0.194. The van der Waals surface area contributed by atoms with Gasteiger partial charge < -0.3 is 38.2 Å². The first-order valence-corrected chi connectivity index (χ1v) is 19.9. The molecule has 0 radical (unpaired) electrons. The molecular weight excluding hydrogens is 690 g/mol. The van der Waals surface area contributed by atoms with Gasteiger partial charge in [0.05, 0.1) is 24.7 Å². The second-order valence-corrected chi connectivity index (χ2v) is 17.5. The van der Waals surface area contributed by atoms with Gasteiger partial charge in [-0.15, -0.1) is 6.58 Å². The Kier molecular flexibility index (Phi) is 10.6. The molecule has 5 aliphatic rings. The third kappa shape index (κ3) is 8.19. The smallest absolute Gasteiger partial charge is 0.410 e. The van der Waals surface area contributed by atoms with Crippen LogP contribution in [-0.4, -0.2) is 119 Å². The number of nitrogens with zero attached hydrogens (tertiary/aromatic N) is 7. The van der Waals surface area contributed by atoms with Crippen molar-refractivity contribution in [2.45, 2.75) is 128 Å². The maximum absolute atomic E-state index is 13.3. The van der Waals surface area contributed by atoms with E-state index in [1.165, 1.54) is 0 Å². The summed E-state index contributed by atoms with van der Waals surface area (Å²) in [4.78, 5) is 44.9. The summed E-state index contributed by atoms with van der Waals surface area (Å²) >= 11 is 0. The van der Waals surface area contributed by atoms with Gasteiger partial charge in [0.15, 0.2) is 5.79 Å². The highest BCUT2D eigenvalue weighted by Gasteiger charge is 2.55. The molecule has 2 amide bonds. The van der Waals surface area contributed by atoms with Crippen LogP contribution >= 0.6 is 0 Å². The van der Waals surface area contributed by atoms with Crippen molar-refractivity contribution in [2.75, 3.05) is 68.8 Å². The van der Waals surface area contributed by atoms with E-state index in [0.717, 1.165) is 68.5 Å². The van der Waals surface area contributed by atoms with E-state index in [0.29, 0.717) is 82.8 Å². The molecule has 2 saturated carbocycles. The average molecular weight is 750 g/mol. The number of anilines is 2. The van der Waals surface area contributed by atoms with Crippen LogP contribution in [-0.2, 0) is 25.4 Å². The third-order valence-electron chi connectivity index (χ3n) is 11.1. The molecule has 0 aromatic carbocycles. The van der Waals surface area contributed by atoms with Gasteiger partial charge in [-0.3, -0.25) is 4.90 Å². The number of aromatic nitrogens is 3. The van der Waals surface area contributed by atoms with E-state index >= 15 is 0 Å². The lowest BCUT2D eigenvalue weighted by Gasteiger charge is -2.43. The number of piperazine rings is 1. The number of carbonyl (C=O) groups is 2. The van der Waals surface area contributed by atoms with E-state index in [4.69, 9.17) is 38.6 Å². The molecule has 3 saturated heterocycles. The number of hydrogen-bond acceptors (Lipinski definition) is 12. The summed E-state index contributed by atoms with van der Waals surface area (Å²) in [6.45, 7) is 20.6. The van der Waals surface area contributed by atoms with Crippen molar-refractivity contribution in [3.63, 3.8) is 0 Å². The Morgan fingerprint density at radius 2 is 1.61 bits per heavy atom. The molecular formula is C40H59N7O7. The second-order valence-electron chi connectivity index (χ2n) is 17.5. The number of rotatable bonds is 7. The standard InChI is InChI=1S/C40H59N7O7/c1-8-9-13-28-32(43-54-33(28)29-14-10-11-15-40(29)50-24-25-51-40)30-26-31(46-22-23-47(39(27-46)16-17-39)36(49)53-38(5,6)7)42-34(41-30)44-18-12-19-45(21-20-44)35(48)52-37(2,3)4/h8,26,29H,1,9-25,27H2,2-7H3/t29-/m1/s1. The monoisotopic (exact) mass is 749 g/mol. The van der Waals surface area contributed by atoms with Crippen LogP contribution < -0.4 is 9.80 Å². The van der Waals surface area contributed by atoms with E-state index < -0.39 is 17.0 Å². The highest BCUT2D eigenvalue weighted by Crippen LogP contribution is 2.49.